The van der Waals surface area contributed by atoms with Crippen LogP contribution in [0.1, 0.15) is 44.5 Å². The Balaban J connectivity index is 0.844. The molecule has 0 fully saturated rings. The second-order valence-corrected chi connectivity index (χ2v) is 19.0. The summed E-state index contributed by atoms with van der Waals surface area (Å²) in [6.45, 7) is 8.65. The number of rotatable bonds is 12. The minimum Gasteiger partial charge on any atom is -0.310 e. The second kappa shape index (κ2) is 18.7. The predicted molar refractivity (Wildman–Crippen MR) is 305 cm³/mol. The van der Waals surface area contributed by atoms with Gasteiger partial charge >= 0.3 is 0 Å². The lowest BCUT2D eigenvalue weighted by Crippen LogP contribution is -2.28. The number of aromatic nitrogens is 1. The number of allylic oxidation sites excluding steroid dienone is 5. The highest BCUT2D eigenvalue weighted by molar-refractivity contribution is 6.10. The van der Waals surface area contributed by atoms with E-state index in [0.717, 1.165) is 40.3 Å². The molecule has 344 valence electrons. The molecule has 72 heavy (non-hydrogen) atoms. The van der Waals surface area contributed by atoms with E-state index in [1.807, 2.05) is 6.08 Å². The molecule has 0 bridgehead atoms. The molecule has 2 heteroatoms. The molecular weight excluding hydrogens is 869 g/mol. The Morgan fingerprint density at radius 1 is 0.472 bits per heavy atom. The van der Waals surface area contributed by atoms with E-state index < -0.39 is 5.41 Å². The molecule has 11 aromatic rings. The van der Waals surface area contributed by atoms with Crippen LogP contribution in [-0.4, -0.2) is 4.57 Å². The maximum absolute atomic E-state index is 4.26. The highest BCUT2D eigenvalue weighted by atomic mass is 15.1. The minimum atomic E-state index is -0.481. The zero-order chi connectivity index (χ0) is 48.6. The van der Waals surface area contributed by atoms with Crippen LogP contribution >= 0.6 is 0 Å². The van der Waals surface area contributed by atoms with Crippen molar-refractivity contribution in [1.29, 1.82) is 0 Å². The van der Waals surface area contributed by atoms with Gasteiger partial charge in [0.15, 0.2) is 0 Å². The van der Waals surface area contributed by atoms with E-state index in [-0.39, 0.29) is 0 Å². The fourth-order valence-corrected chi connectivity index (χ4v) is 11.4. The van der Waals surface area contributed by atoms with Crippen LogP contribution < -0.4 is 4.90 Å². The Bertz CT molecular complexity index is 3820. The molecule has 0 atom stereocenters. The first kappa shape index (κ1) is 44.2. The summed E-state index contributed by atoms with van der Waals surface area (Å²) in [5, 5.41) is 2.45. The van der Waals surface area contributed by atoms with Crippen molar-refractivity contribution in [1.82, 2.24) is 4.57 Å². The lowest BCUT2D eigenvalue weighted by Gasteiger charge is -2.35. The van der Waals surface area contributed by atoms with Crippen LogP contribution in [-0.2, 0) is 11.8 Å². The van der Waals surface area contributed by atoms with Gasteiger partial charge in [-0.2, -0.15) is 0 Å². The fourth-order valence-electron chi connectivity index (χ4n) is 11.4. The van der Waals surface area contributed by atoms with Crippen molar-refractivity contribution in [3.8, 4) is 27.9 Å². The third-order valence-electron chi connectivity index (χ3n) is 14.8. The Labute approximate surface area is 423 Å². The quantitative estimate of drug-likeness (QED) is 0.111. The highest BCUT2D eigenvalue weighted by Gasteiger charge is 2.46. The molecule has 0 amide bonds. The molecule has 0 saturated heterocycles. The Morgan fingerprint density at radius 2 is 1.07 bits per heavy atom. The number of para-hydroxylation sites is 2. The summed E-state index contributed by atoms with van der Waals surface area (Å²) in [5.41, 5.74) is 22.6. The van der Waals surface area contributed by atoms with Crippen LogP contribution in [0.2, 0.25) is 0 Å². The van der Waals surface area contributed by atoms with Gasteiger partial charge in [0.05, 0.1) is 16.4 Å². The normalized spacial score (nSPS) is 12.8. The second-order valence-electron chi connectivity index (χ2n) is 19.0. The van der Waals surface area contributed by atoms with E-state index in [9.17, 15) is 0 Å². The maximum Gasteiger partial charge on any atom is 0.0714 e. The fraction of sp³-hybridized carbons (Fsp3) is 0.0571. The van der Waals surface area contributed by atoms with Gasteiger partial charge in [-0.25, -0.2) is 0 Å². The third kappa shape index (κ3) is 7.60. The summed E-state index contributed by atoms with van der Waals surface area (Å²) in [5.74, 6) is 0. The Morgan fingerprint density at radius 3 is 1.81 bits per heavy atom. The van der Waals surface area contributed by atoms with Crippen molar-refractivity contribution in [2.75, 3.05) is 4.90 Å². The molecule has 1 heterocycles. The smallest absolute Gasteiger partial charge is 0.0714 e. The Kier molecular flexibility index (Phi) is 11.5. The van der Waals surface area contributed by atoms with Gasteiger partial charge in [0.1, 0.15) is 0 Å². The molecule has 0 unspecified atom stereocenters. The van der Waals surface area contributed by atoms with Gasteiger partial charge in [0.25, 0.3) is 0 Å². The standard InChI is InChI=1S/C70H54N2/c1-4-52(53-39-45-69-65(46-53)63-33-19-21-35-68(63)72(69)58-40-36-50(3)64(47-58)60-31-17-14-22-49(60)2)24-16-15-23-51-37-41-57(42-38-51)71(56-29-12-7-13-30-56)59-43-44-62-61-32-18-20-34-66(61)70(67(62)48-59,54-25-8-5-9-26-54)55-27-10-6-11-28-55/h4-22,24-48H,1,23H2,2-3H3/b16-15-,52-24+. The number of hydrogen-bond donors (Lipinski definition) is 0. The topological polar surface area (TPSA) is 8.17 Å². The van der Waals surface area contributed by atoms with Gasteiger partial charge in [0.2, 0.25) is 0 Å². The molecule has 1 aliphatic rings. The molecule has 0 saturated carbocycles. The average Bonchev–Trinajstić information content (AvgIpc) is 3.93. The maximum atomic E-state index is 4.26. The lowest BCUT2D eigenvalue weighted by atomic mass is 9.67. The monoisotopic (exact) mass is 922 g/mol. The van der Waals surface area contributed by atoms with Crippen LogP contribution in [0, 0.1) is 13.8 Å². The largest absolute Gasteiger partial charge is 0.310 e. The van der Waals surface area contributed by atoms with Crippen molar-refractivity contribution < 1.29 is 0 Å². The van der Waals surface area contributed by atoms with Crippen LogP contribution in [0.5, 0.6) is 0 Å². The first-order chi connectivity index (χ1) is 35.5. The number of aryl methyl sites for hydroxylation is 2. The zero-order valence-corrected chi connectivity index (χ0v) is 40.7. The number of fused-ring (bicyclic) bond motifs is 6. The van der Waals surface area contributed by atoms with Crippen LogP contribution in [0.4, 0.5) is 17.1 Å². The van der Waals surface area contributed by atoms with Crippen molar-refractivity contribution in [3.05, 3.63) is 318 Å². The van der Waals surface area contributed by atoms with Gasteiger partial charge in [-0.1, -0.05) is 207 Å². The summed E-state index contributed by atoms with van der Waals surface area (Å²) < 4.78 is 2.41. The van der Waals surface area contributed by atoms with Gasteiger partial charge < -0.3 is 9.47 Å². The van der Waals surface area contributed by atoms with Gasteiger partial charge in [-0.05, 0) is 159 Å². The van der Waals surface area contributed by atoms with Crippen LogP contribution in [0.3, 0.4) is 0 Å². The third-order valence-corrected chi connectivity index (χ3v) is 14.8. The van der Waals surface area contributed by atoms with Gasteiger partial charge in [-0.15, -0.1) is 0 Å². The molecule has 1 aromatic heterocycles. The molecule has 0 N–H and O–H groups in total. The first-order valence-electron chi connectivity index (χ1n) is 25.0. The van der Waals surface area contributed by atoms with E-state index in [1.165, 1.54) is 83.0 Å². The molecule has 0 spiro atoms. The van der Waals surface area contributed by atoms with Crippen molar-refractivity contribution in [3.63, 3.8) is 0 Å². The summed E-state index contributed by atoms with van der Waals surface area (Å²) >= 11 is 0. The number of anilines is 3. The Hall–Kier alpha value is -8.98. The zero-order valence-electron chi connectivity index (χ0n) is 40.7. The molecule has 12 rings (SSSR count). The minimum absolute atomic E-state index is 0.481. The molecule has 0 aliphatic heterocycles. The summed E-state index contributed by atoms with van der Waals surface area (Å²) in [6, 6.07) is 88.9. The molecular formula is C70H54N2. The predicted octanol–water partition coefficient (Wildman–Crippen LogP) is 18.3. The summed E-state index contributed by atoms with van der Waals surface area (Å²) in [6.07, 6.45) is 9.36. The van der Waals surface area contributed by atoms with Crippen molar-refractivity contribution >= 4 is 44.4 Å². The van der Waals surface area contributed by atoms with Crippen molar-refractivity contribution in [2.24, 2.45) is 0 Å². The van der Waals surface area contributed by atoms with E-state index in [2.05, 4.69) is 291 Å². The number of benzene rings is 10. The average molecular weight is 923 g/mol. The molecule has 10 aromatic carbocycles. The highest BCUT2D eigenvalue weighted by Crippen LogP contribution is 2.57. The lowest BCUT2D eigenvalue weighted by molar-refractivity contribution is 0.768. The van der Waals surface area contributed by atoms with Crippen LogP contribution in [0.15, 0.2) is 274 Å². The number of hydrogen-bond acceptors (Lipinski definition) is 1. The van der Waals surface area contributed by atoms with E-state index >= 15 is 0 Å². The summed E-state index contributed by atoms with van der Waals surface area (Å²) in [7, 11) is 0. The SMILES string of the molecule is C=C/C(=C\C=C/Cc1ccc(N(c2ccccc2)c2ccc3c(c2)C(c2ccccc2)(c2ccccc2)c2ccccc2-3)cc1)c1ccc2c(c1)c1ccccc1n2-c1ccc(C)c(-c2ccccc2C)c1. The molecule has 2 nitrogen and oxygen atoms in total. The number of nitrogens with zero attached hydrogens (tertiary/aromatic N) is 2. The van der Waals surface area contributed by atoms with Gasteiger partial charge in [0, 0.05) is 33.5 Å². The van der Waals surface area contributed by atoms with Crippen LogP contribution in [0.25, 0.3) is 55.3 Å². The van der Waals surface area contributed by atoms with Crippen molar-refractivity contribution in [2.45, 2.75) is 25.7 Å². The summed E-state index contributed by atoms with van der Waals surface area (Å²) in [4.78, 5) is 2.39. The van der Waals surface area contributed by atoms with E-state index in [0.29, 0.717) is 0 Å². The first-order valence-corrected chi connectivity index (χ1v) is 25.0. The molecule has 1 aliphatic carbocycles. The van der Waals surface area contributed by atoms with Gasteiger partial charge in [-0.3, -0.25) is 0 Å². The van der Waals surface area contributed by atoms with E-state index in [1.54, 1.807) is 0 Å². The van der Waals surface area contributed by atoms with E-state index in [4.69, 9.17) is 0 Å². The molecule has 0 radical (unpaired) electrons.